The number of rotatable bonds is 6. The van der Waals surface area contributed by atoms with Crippen molar-refractivity contribution in [1.82, 2.24) is 0 Å². The molecule has 0 aliphatic rings. The third-order valence-electron chi connectivity index (χ3n) is 2.26. The van der Waals surface area contributed by atoms with E-state index >= 15 is 0 Å². The van der Waals surface area contributed by atoms with Crippen molar-refractivity contribution in [2.45, 2.75) is 6.42 Å². The van der Waals surface area contributed by atoms with E-state index in [4.69, 9.17) is 0 Å². The van der Waals surface area contributed by atoms with Crippen molar-refractivity contribution >= 4 is 17.3 Å². The summed E-state index contributed by atoms with van der Waals surface area (Å²) in [5, 5.41) is 21.6. The average molecular weight is 266 g/mol. The summed E-state index contributed by atoms with van der Waals surface area (Å²) in [4.78, 5) is 30.8. The van der Waals surface area contributed by atoms with Gasteiger partial charge in [-0.05, 0) is 0 Å². The van der Waals surface area contributed by atoms with Gasteiger partial charge in [-0.15, -0.1) is 0 Å². The number of carbonyl (C=O) groups excluding carboxylic acids is 1. The van der Waals surface area contributed by atoms with Crippen molar-refractivity contribution in [2.75, 3.05) is 6.61 Å². The monoisotopic (exact) mass is 266 g/mol. The number of para-hydroxylation sites is 1. The van der Waals surface area contributed by atoms with Crippen molar-refractivity contribution in [3.63, 3.8) is 0 Å². The van der Waals surface area contributed by atoms with Crippen LogP contribution in [-0.2, 0) is 16.0 Å². The highest BCUT2D eigenvalue weighted by Crippen LogP contribution is 2.30. The van der Waals surface area contributed by atoms with Gasteiger partial charge >= 0.3 is 17.3 Å². The van der Waals surface area contributed by atoms with Crippen LogP contribution in [0.15, 0.2) is 30.9 Å². The quantitative estimate of drug-likeness (QED) is 0.335. The number of nitro benzene ring substituents is 2. The number of hydrogen-bond acceptors (Lipinski definition) is 6. The van der Waals surface area contributed by atoms with Gasteiger partial charge in [-0.25, -0.2) is 4.79 Å². The normalized spacial score (nSPS) is 9.68. The molecule has 0 saturated heterocycles. The maximum absolute atomic E-state index is 10.9. The fourth-order valence-corrected chi connectivity index (χ4v) is 1.46. The number of nitro groups is 2. The van der Waals surface area contributed by atoms with Gasteiger partial charge in [0, 0.05) is 24.1 Å². The van der Waals surface area contributed by atoms with E-state index in [1.54, 1.807) is 0 Å². The standard InChI is InChI=1S/C11H10N2O6/c1-2-10(14)19-7-6-8-4-3-5-9(12(15)16)11(8)13(17)18/h2-5H,1,6-7H2. The lowest BCUT2D eigenvalue weighted by Crippen LogP contribution is -2.07. The van der Waals surface area contributed by atoms with Gasteiger partial charge in [0.15, 0.2) is 0 Å². The molecular formula is C11H10N2O6. The summed E-state index contributed by atoms with van der Waals surface area (Å²) in [6, 6.07) is 3.78. The van der Waals surface area contributed by atoms with E-state index in [0.29, 0.717) is 0 Å². The summed E-state index contributed by atoms with van der Waals surface area (Å²) in [5.74, 6) is -0.659. The van der Waals surface area contributed by atoms with Crippen LogP contribution >= 0.6 is 0 Å². The van der Waals surface area contributed by atoms with Crippen molar-refractivity contribution in [2.24, 2.45) is 0 Å². The summed E-state index contributed by atoms with van der Waals surface area (Å²) in [5.41, 5.74) is -1.03. The Balaban J connectivity index is 2.97. The van der Waals surface area contributed by atoms with Crippen molar-refractivity contribution in [3.05, 3.63) is 56.6 Å². The highest BCUT2D eigenvalue weighted by Gasteiger charge is 2.27. The van der Waals surface area contributed by atoms with Crippen LogP contribution in [0, 0.1) is 20.2 Å². The molecule has 1 rings (SSSR count). The summed E-state index contributed by atoms with van der Waals surface area (Å²) in [7, 11) is 0. The average Bonchev–Trinajstić information content (AvgIpc) is 2.37. The van der Waals surface area contributed by atoms with Crippen LogP contribution < -0.4 is 0 Å². The van der Waals surface area contributed by atoms with Gasteiger partial charge in [0.05, 0.1) is 16.5 Å². The molecule has 0 heterocycles. The first-order valence-corrected chi connectivity index (χ1v) is 5.17. The second kappa shape index (κ2) is 6.24. The van der Waals surface area contributed by atoms with E-state index in [9.17, 15) is 25.0 Å². The molecule has 0 amide bonds. The predicted octanol–water partition coefficient (Wildman–Crippen LogP) is 1.77. The number of benzene rings is 1. The molecule has 8 heteroatoms. The Bertz CT molecular complexity index is 540. The first-order chi connectivity index (χ1) is 8.97. The Kier molecular flexibility index (Phi) is 4.69. The van der Waals surface area contributed by atoms with Gasteiger partial charge < -0.3 is 4.74 Å². The number of carbonyl (C=O) groups is 1. The minimum atomic E-state index is -0.822. The molecule has 8 nitrogen and oxygen atoms in total. The molecule has 1 aromatic rings. The van der Waals surface area contributed by atoms with Crippen LogP contribution in [0.3, 0.4) is 0 Å². The first-order valence-electron chi connectivity index (χ1n) is 5.17. The topological polar surface area (TPSA) is 113 Å². The SMILES string of the molecule is C=CC(=O)OCCc1cccc([N+](=O)[O-])c1[N+](=O)[O-]. The molecule has 1 aromatic carbocycles. The Hall–Kier alpha value is -2.77. The van der Waals surface area contributed by atoms with Crippen LogP contribution in [-0.4, -0.2) is 22.4 Å². The second-order valence-corrected chi connectivity index (χ2v) is 3.42. The smallest absolute Gasteiger partial charge is 0.349 e. The lowest BCUT2D eigenvalue weighted by atomic mass is 10.1. The van der Waals surface area contributed by atoms with E-state index in [2.05, 4.69) is 11.3 Å². The van der Waals surface area contributed by atoms with Crippen LogP contribution in [0.5, 0.6) is 0 Å². The summed E-state index contributed by atoms with van der Waals surface area (Å²) >= 11 is 0. The summed E-state index contributed by atoms with van der Waals surface area (Å²) in [6.45, 7) is 3.08. The van der Waals surface area contributed by atoms with E-state index in [1.807, 2.05) is 0 Å². The lowest BCUT2D eigenvalue weighted by Gasteiger charge is -2.04. The second-order valence-electron chi connectivity index (χ2n) is 3.42. The number of hydrogen-bond donors (Lipinski definition) is 0. The molecule has 0 N–H and O–H groups in total. The molecule has 0 spiro atoms. The molecule has 0 aromatic heterocycles. The Morgan fingerprint density at radius 1 is 1.32 bits per heavy atom. The maximum atomic E-state index is 10.9. The molecule has 0 aliphatic heterocycles. The molecule has 0 bridgehead atoms. The number of ether oxygens (including phenoxy) is 1. The van der Waals surface area contributed by atoms with Gasteiger partial charge in [-0.1, -0.05) is 18.7 Å². The van der Waals surface area contributed by atoms with Crippen LogP contribution in [0.1, 0.15) is 5.56 Å². The van der Waals surface area contributed by atoms with Gasteiger partial charge in [0.1, 0.15) is 0 Å². The third-order valence-corrected chi connectivity index (χ3v) is 2.26. The molecule has 0 aliphatic carbocycles. The van der Waals surface area contributed by atoms with Crippen molar-refractivity contribution in [1.29, 1.82) is 0 Å². The number of esters is 1. The minimum absolute atomic E-state index is 0.0115. The zero-order valence-corrected chi connectivity index (χ0v) is 9.77. The Morgan fingerprint density at radius 3 is 2.53 bits per heavy atom. The minimum Gasteiger partial charge on any atom is -0.462 e. The highest BCUT2D eigenvalue weighted by molar-refractivity contribution is 5.81. The number of nitrogens with zero attached hydrogens (tertiary/aromatic N) is 2. The molecule has 0 fully saturated rings. The van der Waals surface area contributed by atoms with E-state index in [0.717, 1.165) is 12.1 Å². The predicted molar refractivity (Wildman–Crippen MR) is 64.6 cm³/mol. The van der Waals surface area contributed by atoms with E-state index in [1.165, 1.54) is 12.1 Å². The third kappa shape index (κ3) is 3.60. The van der Waals surface area contributed by atoms with Crippen LogP contribution in [0.2, 0.25) is 0 Å². The molecule has 0 atom stereocenters. The van der Waals surface area contributed by atoms with Crippen molar-refractivity contribution < 1.29 is 19.4 Å². The van der Waals surface area contributed by atoms with Gasteiger partial charge in [0.2, 0.25) is 0 Å². The summed E-state index contributed by atoms with van der Waals surface area (Å²) in [6.07, 6.45) is 0.972. The maximum Gasteiger partial charge on any atom is 0.349 e. The van der Waals surface area contributed by atoms with Gasteiger partial charge in [-0.2, -0.15) is 0 Å². The lowest BCUT2D eigenvalue weighted by molar-refractivity contribution is -0.423. The van der Waals surface area contributed by atoms with Crippen LogP contribution in [0.4, 0.5) is 11.4 Å². The van der Waals surface area contributed by atoms with Crippen molar-refractivity contribution in [3.8, 4) is 0 Å². The van der Waals surface area contributed by atoms with Gasteiger partial charge in [0.25, 0.3) is 0 Å². The van der Waals surface area contributed by atoms with E-state index < -0.39 is 27.2 Å². The molecule has 100 valence electrons. The fraction of sp³-hybridized carbons (Fsp3) is 0.182. The fourth-order valence-electron chi connectivity index (χ4n) is 1.46. The zero-order valence-electron chi connectivity index (χ0n) is 9.77. The van der Waals surface area contributed by atoms with Gasteiger partial charge in [-0.3, -0.25) is 20.2 Å². The summed E-state index contributed by atoms with van der Waals surface area (Å²) < 4.78 is 4.68. The molecule has 0 radical (unpaired) electrons. The molecular weight excluding hydrogens is 256 g/mol. The van der Waals surface area contributed by atoms with Crippen LogP contribution in [0.25, 0.3) is 0 Å². The molecule has 0 unspecified atom stereocenters. The molecule has 19 heavy (non-hydrogen) atoms. The first kappa shape index (κ1) is 14.3. The Morgan fingerprint density at radius 2 is 2.00 bits per heavy atom. The van der Waals surface area contributed by atoms with E-state index in [-0.39, 0.29) is 18.6 Å². The highest BCUT2D eigenvalue weighted by atomic mass is 16.6. The molecule has 0 saturated carbocycles. The zero-order chi connectivity index (χ0) is 14.4. The largest absolute Gasteiger partial charge is 0.462 e. The Labute approximate surface area is 107 Å².